The molecule has 0 heterocycles. The van der Waals surface area contributed by atoms with Gasteiger partial charge in [-0.05, 0) is 43.2 Å². The molecule has 2 aliphatic rings. The lowest BCUT2D eigenvalue weighted by molar-refractivity contribution is -0.384. The monoisotopic (exact) mass is 275 g/mol. The van der Waals surface area contributed by atoms with Gasteiger partial charge < -0.3 is 11.1 Å². The highest BCUT2D eigenvalue weighted by atomic mass is 16.6. The molecule has 106 valence electrons. The Bertz CT molecular complexity index is 541. The van der Waals surface area contributed by atoms with Crippen LogP contribution < -0.4 is 11.1 Å². The second kappa shape index (κ2) is 4.86. The third-order valence-electron chi connectivity index (χ3n) is 4.63. The van der Waals surface area contributed by atoms with Crippen molar-refractivity contribution in [3.63, 3.8) is 0 Å². The Morgan fingerprint density at radius 2 is 1.90 bits per heavy atom. The molecule has 6 heteroatoms. The smallest absolute Gasteiger partial charge is 0.269 e. The van der Waals surface area contributed by atoms with Crippen LogP contribution in [-0.2, 0) is 4.79 Å². The molecule has 20 heavy (non-hydrogen) atoms. The van der Waals surface area contributed by atoms with E-state index in [9.17, 15) is 14.9 Å². The average molecular weight is 275 g/mol. The van der Waals surface area contributed by atoms with Gasteiger partial charge in [-0.2, -0.15) is 0 Å². The first kappa shape index (κ1) is 13.1. The van der Waals surface area contributed by atoms with Crippen LogP contribution in [0.3, 0.4) is 0 Å². The zero-order chi connectivity index (χ0) is 14.3. The zero-order valence-corrected chi connectivity index (χ0v) is 11.0. The summed E-state index contributed by atoms with van der Waals surface area (Å²) in [5.74, 6) is 0.697. The van der Waals surface area contributed by atoms with Crippen LogP contribution >= 0.6 is 0 Å². The predicted octanol–water partition coefficient (Wildman–Crippen LogP) is 1.91. The first-order chi connectivity index (χ1) is 9.56. The zero-order valence-electron chi connectivity index (χ0n) is 11.0. The number of nitrogens with two attached hydrogens (primary N) is 1. The number of nitrogens with one attached hydrogen (secondary N) is 1. The number of anilines is 1. The van der Waals surface area contributed by atoms with Crippen LogP contribution in [0.2, 0.25) is 0 Å². The maximum absolute atomic E-state index is 12.3. The summed E-state index contributed by atoms with van der Waals surface area (Å²) in [4.78, 5) is 22.4. The number of nitro groups is 1. The van der Waals surface area contributed by atoms with Crippen molar-refractivity contribution in [3.05, 3.63) is 34.4 Å². The molecule has 2 bridgehead atoms. The highest BCUT2D eigenvalue weighted by molar-refractivity contribution is 5.93. The standard InChI is InChI=1S/C14H17N3O3/c15-13-9-2-1-8(7-9)12(13)14(18)16-10-3-5-11(6-4-10)17(19)20/h3-6,8-9,12-13H,1-2,7,15H2,(H,16,18). The number of nitro benzene ring substituents is 1. The van der Waals surface area contributed by atoms with Crippen molar-refractivity contribution in [2.24, 2.45) is 23.5 Å². The van der Waals surface area contributed by atoms with Gasteiger partial charge in [0.2, 0.25) is 5.91 Å². The minimum Gasteiger partial charge on any atom is -0.327 e. The number of nitrogens with zero attached hydrogens (tertiary/aromatic N) is 1. The number of hydrogen-bond donors (Lipinski definition) is 2. The number of amides is 1. The van der Waals surface area contributed by atoms with Crippen molar-refractivity contribution in [2.75, 3.05) is 5.32 Å². The molecular formula is C14H17N3O3. The van der Waals surface area contributed by atoms with Gasteiger partial charge in [-0.15, -0.1) is 0 Å². The van der Waals surface area contributed by atoms with E-state index in [4.69, 9.17) is 5.73 Å². The van der Waals surface area contributed by atoms with Gasteiger partial charge in [0.25, 0.3) is 5.69 Å². The van der Waals surface area contributed by atoms with Crippen LogP contribution in [0.25, 0.3) is 0 Å². The highest BCUT2D eigenvalue weighted by Crippen LogP contribution is 2.47. The van der Waals surface area contributed by atoms with Gasteiger partial charge >= 0.3 is 0 Å². The van der Waals surface area contributed by atoms with E-state index in [-0.39, 0.29) is 23.6 Å². The molecule has 3 N–H and O–H groups in total. The fourth-order valence-corrected chi connectivity index (χ4v) is 3.62. The van der Waals surface area contributed by atoms with Crippen molar-refractivity contribution in [1.82, 2.24) is 0 Å². The number of carbonyl (C=O) groups is 1. The second-order valence-corrected chi connectivity index (χ2v) is 5.73. The van der Waals surface area contributed by atoms with Crippen molar-refractivity contribution in [2.45, 2.75) is 25.3 Å². The van der Waals surface area contributed by atoms with Crippen LogP contribution in [0.4, 0.5) is 11.4 Å². The summed E-state index contributed by atoms with van der Waals surface area (Å²) < 4.78 is 0. The molecule has 1 amide bonds. The molecule has 0 spiro atoms. The molecule has 2 aliphatic carbocycles. The maximum atomic E-state index is 12.3. The summed E-state index contributed by atoms with van der Waals surface area (Å²) >= 11 is 0. The number of rotatable bonds is 3. The van der Waals surface area contributed by atoms with Gasteiger partial charge in [0.15, 0.2) is 0 Å². The first-order valence-corrected chi connectivity index (χ1v) is 6.87. The van der Waals surface area contributed by atoms with Crippen molar-refractivity contribution >= 4 is 17.3 Å². The van der Waals surface area contributed by atoms with Crippen molar-refractivity contribution in [3.8, 4) is 0 Å². The lowest BCUT2D eigenvalue weighted by Gasteiger charge is -2.26. The van der Waals surface area contributed by atoms with E-state index in [2.05, 4.69) is 5.32 Å². The number of carbonyl (C=O) groups excluding carboxylic acids is 1. The Labute approximate surface area is 116 Å². The van der Waals surface area contributed by atoms with Crippen molar-refractivity contribution < 1.29 is 9.72 Å². The summed E-state index contributed by atoms with van der Waals surface area (Å²) in [5, 5.41) is 13.4. The molecule has 6 nitrogen and oxygen atoms in total. The highest BCUT2D eigenvalue weighted by Gasteiger charge is 2.49. The lowest BCUT2D eigenvalue weighted by atomic mass is 9.84. The molecule has 1 aromatic rings. The van der Waals surface area contributed by atoms with Crippen LogP contribution in [-0.4, -0.2) is 16.9 Å². The van der Waals surface area contributed by atoms with Gasteiger partial charge in [0.05, 0.1) is 10.8 Å². The quantitative estimate of drug-likeness (QED) is 0.650. The van der Waals surface area contributed by atoms with E-state index in [1.807, 2.05) is 0 Å². The SMILES string of the molecule is NC1C2CCC(C2)C1C(=O)Nc1ccc([N+](=O)[O-])cc1. The molecule has 2 fully saturated rings. The number of non-ortho nitro benzene ring substituents is 1. The molecule has 3 rings (SSSR count). The van der Waals surface area contributed by atoms with E-state index >= 15 is 0 Å². The average Bonchev–Trinajstić information content (AvgIpc) is 2.99. The van der Waals surface area contributed by atoms with Gasteiger partial charge in [-0.25, -0.2) is 0 Å². The molecule has 0 aromatic heterocycles. The normalized spacial score (nSPS) is 31.2. The lowest BCUT2D eigenvalue weighted by Crippen LogP contribution is -2.42. The summed E-state index contributed by atoms with van der Waals surface area (Å²) in [7, 11) is 0. The van der Waals surface area contributed by atoms with E-state index in [1.165, 1.54) is 12.1 Å². The number of benzene rings is 1. The Kier molecular flexibility index (Phi) is 3.17. The van der Waals surface area contributed by atoms with E-state index in [1.54, 1.807) is 12.1 Å². The van der Waals surface area contributed by atoms with Crippen molar-refractivity contribution in [1.29, 1.82) is 0 Å². The van der Waals surface area contributed by atoms with Crippen LogP contribution in [0.5, 0.6) is 0 Å². The largest absolute Gasteiger partial charge is 0.327 e. The maximum Gasteiger partial charge on any atom is 0.269 e. The van der Waals surface area contributed by atoms with Gasteiger partial charge in [-0.1, -0.05) is 0 Å². The van der Waals surface area contributed by atoms with Gasteiger partial charge in [-0.3, -0.25) is 14.9 Å². The molecule has 1 aromatic carbocycles. The molecule has 4 atom stereocenters. The van der Waals surface area contributed by atoms with Gasteiger partial charge in [0.1, 0.15) is 0 Å². The van der Waals surface area contributed by atoms with E-state index in [0.717, 1.165) is 19.3 Å². The molecular weight excluding hydrogens is 258 g/mol. The molecule has 0 aliphatic heterocycles. The fraction of sp³-hybridized carbons (Fsp3) is 0.500. The summed E-state index contributed by atoms with van der Waals surface area (Å²) in [6, 6.07) is 5.82. The van der Waals surface area contributed by atoms with Crippen LogP contribution in [0, 0.1) is 27.9 Å². The number of hydrogen-bond acceptors (Lipinski definition) is 4. The summed E-state index contributed by atoms with van der Waals surface area (Å²) in [5.41, 5.74) is 6.73. The number of fused-ring (bicyclic) bond motifs is 2. The third-order valence-corrected chi connectivity index (χ3v) is 4.63. The Balaban J connectivity index is 1.68. The predicted molar refractivity (Wildman–Crippen MR) is 74.0 cm³/mol. The minimum absolute atomic E-state index is 0.0135. The topological polar surface area (TPSA) is 98.3 Å². The molecule has 4 unspecified atom stereocenters. The molecule has 0 radical (unpaired) electrons. The third kappa shape index (κ3) is 2.16. The van der Waals surface area contributed by atoms with Crippen LogP contribution in [0.1, 0.15) is 19.3 Å². The Morgan fingerprint density at radius 1 is 1.25 bits per heavy atom. The molecule has 0 saturated heterocycles. The van der Waals surface area contributed by atoms with Crippen LogP contribution in [0.15, 0.2) is 24.3 Å². The van der Waals surface area contributed by atoms with E-state index in [0.29, 0.717) is 17.5 Å². The summed E-state index contributed by atoms with van der Waals surface area (Å²) in [6.45, 7) is 0. The van der Waals surface area contributed by atoms with Gasteiger partial charge in [0, 0.05) is 23.9 Å². The summed E-state index contributed by atoms with van der Waals surface area (Å²) in [6.07, 6.45) is 3.27. The minimum atomic E-state index is -0.461. The van der Waals surface area contributed by atoms with E-state index < -0.39 is 4.92 Å². The molecule has 2 saturated carbocycles. The Hall–Kier alpha value is -1.95. The Morgan fingerprint density at radius 3 is 2.45 bits per heavy atom. The fourth-order valence-electron chi connectivity index (χ4n) is 3.62. The first-order valence-electron chi connectivity index (χ1n) is 6.87. The second-order valence-electron chi connectivity index (χ2n) is 5.73.